The quantitative estimate of drug-likeness (QED) is 0.922. The van der Waals surface area contributed by atoms with Crippen molar-refractivity contribution in [3.63, 3.8) is 0 Å². The van der Waals surface area contributed by atoms with Gasteiger partial charge in [0.1, 0.15) is 6.04 Å². The van der Waals surface area contributed by atoms with Crippen LogP contribution in [0, 0.1) is 0 Å². The third kappa shape index (κ3) is 2.94. The summed E-state index contributed by atoms with van der Waals surface area (Å²) in [6, 6.07) is 7.63. The van der Waals surface area contributed by atoms with E-state index >= 15 is 0 Å². The van der Waals surface area contributed by atoms with E-state index in [4.69, 9.17) is 0 Å². The van der Waals surface area contributed by atoms with Crippen molar-refractivity contribution >= 4 is 32.8 Å². The number of fused-ring (bicyclic) bond motifs is 1. The van der Waals surface area contributed by atoms with E-state index in [1.165, 1.54) is 0 Å². The molecule has 0 bridgehead atoms. The lowest BCUT2D eigenvalue weighted by atomic mass is 10.0. The molecular weight excluding hydrogens is 332 g/mol. The number of likely N-dealkylation sites (tertiary alicyclic amines) is 1. The Hall–Kier alpha value is -1.46. The molecule has 5 heteroatoms. The van der Waals surface area contributed by atoms with Crippen LogP contribution in [0.1, 0.15) is 24.8 Å². The fourth-order valence-corrected chi connectivity index (χ4v) is 3.48. The van der Waals surface area contributed by atoms with Gasteiger partial charge in [-0.25, -0.2) is 0 Å². The number of hydrogen-bond donors (Lipinski definition) is 1. The van der Waals surface area contributed by atoms with Crippen LogP contribution in [-0.2, 0) is 11.3 Å². The van der Waals surface area contributed by atoms with Crippen molar-refractivity contribution in [2.75, 3.05) is 6.54 Å². The number of carbonyl (C=O) groups is 1. The zero-order chi connectivity index (χ0) is 14.8. The molecule has 1 aromatic carbocycles. The number of aromatic nitrogens is 1. The van der Waals surface area contributed by atoms with Gasteiger partial charge in [0.05, 0.1) is 5.52 Å². The van der Waals surface area contributed by atoms with Gasteiger partial charge in [-0.1, -0.05) is 18.6 Å². The predicted octanol–water partition coefficient (Wildman–Crippen LogP) is 3.44. The van der Waals surface area contributed by atoms with Gasteiger partial charge in [0.2, 0.25) is 0 Å². The Bertz CT molecular complexity index is 674. The van der Waals surface area contributed by atoms with Gasteiger partial charge in [0, 0.05) is 22.6 Å². The summed E-state index contributed by atoms with van der Waals surface area (Å²) in [6.07, 6.45) is 4.59. The number of para-hydroxylation sites is 1. The Balaban J connectivity index is 1.94. The topological polar surface area (TPSA) is 53.4 Å². The van der Waals surface area contributed by atoms with Crippen molar-refractivity contribution in [3.05, 3.63) is 40.5 Å². The van der Waals surface area contributed by atoms with Gasteiger partial charge >= 0.3 is 5.97 Å². The summed E-state index contributed by atoms with van der Waals surface area (Å²) in [5.41, 5.74) is 2.06. The average molecular weight is 349 g/mol. The first-order valence-corrected chi connectivity index (χ1v) is 7.95. The van der Waals surface area contributed by atoms with Crippen LogP contribution < -0.4 is 0 Å². The molecule has 4 nitrogen and oxygen atoms in total. The number of hydrogen-bond acceptors (Lipinski definition) is 3. The monoisotopic (exact) mass is 348 g/mol. The van der Waals surface area contributed by atoms with Gasteiger partial charge in [-0.2, -0.15) is 0 Å². The second-order valence-corrected chi connectivity index (χ2v) is 6.28. The highest BCUT2D eigenvalue weighted by molar-refractivity contribution is 9.10. The lowest BCUT2D eigenvalue weighted by Gasteiger charge is -2.33. The van der Waals surface area contributed by atoms with E-state index < -0.39 is 5.97 Å². The molecule has 0 amide bonds. The number of aliphatic carboxylic acids is 1. The van der Waals surface area contributed by atoms with Crippen LogP contribution in [0.3, 0.4) is 0 Å². The highest BCUT2D eigenvalue weighted by atomic mass is 79.9. The van der Waals surface area contributed by atoms with E-state index in [1.54, 1.807) is 6.20 Å². The summed E-state index contributed by atoms with van der Waals surface area (Å²) in [5, 5.41) is 10.5. The molecule has 0 aliphatic carbocycles. The zero-order valence-electron chi connectivity index (χ0n) is 11.6. The predicted molar refractivity (Wildman–Crippen MR) is 85.1 cm³/mol. The molecule has 1 aliphatic rings. The molecule has 2 heterocycles. The summed E-state index contributed by atoms with van der Waals surface area (Å²) in [4.78, 5) is 17.9. The minimum absolute atomic E-state index is 0.367. The lowest BCUT2D eigenvalue weighted by molar-refractivity contribution is -0.144. The Morgan fingerprint density at radius 3 is 3.05 bits per heavy atom. The standard InChI is InChI=1S/C16H17BrN2O2/c17-13-5-3-4-12-11(7-8-18-15(12)13)10-19-9-2-1-6-14(19)16(20)21/h3-5,7-8,14H,1-2,6,9-10H2,(H,20,21). The molecule has 1 saturated heterocycles. The fraction of sp³-hybridized carbons (Fsp3) is 0.375. The van der Waals surface area contributed by atoms with Crippen LogP contribution in [0.2, 0.25) is 0 Å². The maximum absolute atomic E-state index is 11.4. The molecule has 1 N–H and O–H groups in total. The van der Waals surface area contributed by atoms with E-state index in [1.807, 2.05) is 24.3 Å². The largest absolute Gasteiger partial charge is 0.480 e. The molecule has 1 fully saturated rings. The van der Waals surface area contributed by atoms with Gasteiger partial charge in [-0.3, -0.25) is 14.7 Å². The normalized spacial score (nSPS) is 19.8. The maximum atomic E-state index is 11.4. The van der Waals surface area contributed by atoms with E-state index in [9.17, 15) is 9.90 Å². The SMILES string of the molecule is O=C(O)C1CCCCN1Cc1ccnc2c(Br)cccc12. The van der Waals surface area contributed by atoms with Crippen LogP contribution in [0.25, 0.3) is 10.9 Å². The summed E-state index contributed by atoms with van der Waals surface area (Å²) in [6.45, 7) is 1.50. The molecule has 1 unspecified atom stereocenters. The summed E-state index contributed by atoms with van der Waals surface area (Å²) in [5.74, 6) is -0.714. The number of nitrogens with zero attached hydrogens (tertiary/aromatic N) is 2. The Kier molecular flexibility index (Phi) is 4.22. The molecule has 1 atom stereocenters. The third-order valence-electron chi connectivity index (χ3n) is 4.08. The van der Waals surface area contributed by atoms with Crippen LogP contribution in [0.4, 0.5) is 0 Å². The van der Waals surface area contributed by atoms with Crippen molar-refractivity contribution < 1.29 is 9.90 Å². The van der Waals surface area contributed by atoms with E-state index in [-0.39, 0.29) is 6.04 Å². The van der Waals surface area contributed by atoms with Gasteiger partial charge < -0.3 is 5.11 Å². The van der Waals surface area contributed by atoms with Crippen LogP contribution >= 0.6 is 15.9 Å². The lowest BCUT2D eigenvalue weighted by Crippen LogP contribution is -2.44. The molecular formula is C16H17BrN2O2. The number of pyridine rings is 1. The van der Waals surface area contributed by atoms with Gasteiger partial charge in [0.25, 0.3) is 0 Å². The second kappa shape index (κ2) is 6.12. The van der Waals surface area contributed by atoms with Crippen molar-refractivity contribution in [3.8, 4) is 0 Å². The van der Waals surface area contributed by atoms with Gasteiger partial charge in [-0.05, 0) is 53.0 Å². The van der Waals surface area contributed by atoms with Crippen LogP contribution in [0.5, 0.6) is 0 Å². The van der Waals surface area contributed by atoms with Gasteiger partial charge in [0.15, 0.2) is 0 Å². The molecule has 0 spiro atoms. The molecule has 1 aromatic heterocycles. The van der Waals surface area contributed by atoms with Crippen molar-refractivity contribution in [1.29, 1.82) is 0 Å². The number of carboxylic acids is 1. The summed E-state index contributed by atoms with van der Waals surface area (Å²) >= 11 is 3.52. The maximum Gasteiger partial charge on any atom is 0.320 e. The first kappa shape index (κ1) is 14.5. The number of carboxylic acid groups (broad SMARTS) is 1. The average Bonchev–Trinajstić information content (AvgIpc) is 2.49. The Morgan fingerprint density at radius 2 is 2.24 bits per heavy atom. The second-order valence-electron chi connectivity index (χ2n) is 5.43. The third-order valence-corrected chi connectivity index (χ3v) is 4.72. The van der Waals surface area contributed by atoms with E-state index in [0.717, 1.165) is 46.7 Å². The number of piperidine rings is 1. The Morgan fingerprint density at radius 1 is 1.38 bits per heavy atom. The zero-order valence-corrected chi connectivity index (χ0v) is 13.2. The van der Waals surface area contributed by atoms with Crippen molar-refractivity contribution in [2.24, 2.45) is 0 Å². The first-order chi connectivity index (χ1) is 10.2. The van der Waals surface area contributed by atoms with Gasteiger partial charge in [-0.15, -0.1) is 0 Å². The Labute approximate surface area is 131 Å². The molecule has 110 valence electrons. The minimum atomic E-state index is -0.714. The van der Waals surface area contributed by atoms with Crippen molar-refractivity contribution in [1.82, 2.24) is 9.88 Å². The van der Waals surface area contributed by atoms with Crippen LogP contribution in [0.15, 0.2) is 34.9 Å². The molecule has 3 rings (SSSR count). The van der Waals surface area contributed by atoms with E-state index in [0.29, 0.717) is 6.54 Å². The van der Waals surface area contributed by atoms with Crippen LogP contribution in [-0.4, -0.2) is 33.5 Å². The number of benzene rings is 1. The molecule has 1 aliphatic heterocycles. The molecule has 21 heavy (non-hydrogen) atoms. The molecule has 0 saturated carbocycles. The molecule has 2 aromatic rings. The highest BCUT2D eigenvalue weighted by Crippen LogP contribution is 2.27. The fourth-order valence-electron chi connectivity index (χ4n) is 3.01. The number of halogens is 1. The smallest absolute Gasteiger partial charge is 0.320 e. The summed E-state index contributed by atoms with van der Waals surface area (Å²) in [7, 11) is 0. The first-order valence-electron chi connectivity index (χ1n) is 7.16. The highest BCUT2D eigenvalue weighted by Gasteiger charge is 2.28. The number of rotatable bonds is 3. The minimum Gasteiger partial charge on any atom is -0.480 e. The summed E-state index contributed by atoms with van der Waals surface area (Å²) < 4.78 is 0.968. The van der Waals surface area contributed by atoms with Crippen molar-refractivity contribution in [2.45, 2.75) is 31.8 Å². The van der Waals surface area contributed by atoms with E-state index in [2.05, 4.69) is 25.8 Å². The molecule has 0 radical (unpaired) electrons.